The Morgan fingerprint density at radius 3 is 2.94 bits per heavy atom. The third kappa shape index (κ3) is 1.81. The van der Waals surface area contributed by atoms with Crippen LogP contribution in [0, 0.1) is 0 Å². The van der Waals surface area contributed by atoms with Crippen LogP contribution in [0.5, 0.6) is 0 Å². The second kappa shape index (κ2) is 4.19. The van der Waals surface area contributed by atoms with Gasteiger partial charge in [-0.15, -0.1) is 0 Å². The number of aromatic amines is 1. The van der Waals surface area contributed by atoms with Gasteiger partial charge in [-0.1, -0.05) is 29.8 Å². The lowest BCUT2D eigenvalue weighted by Crippen LogP contribution is -2.23. The summed E-state index contributed by atoms with van der Waals surface area (Å²) in [5.74, 6) is 0. The zero-order valence-electron chi connectivity index (χ0n) is 9.18. The van der Waals surface area contributed by atoms with Crippen LogP contribution < -0.4 is 5.56 Å². The molecule has 1 aromatic heterocycles. The second-order valence-corrected chi connectivity index (χ2v) is 4.72. The van der Waals surface area contributed by atoms with Crippen molar-refractivity contribution in [2.75, 3.05) is 0 Å². The van der Waals surface area contributed by atoms with E-state index < -0.39 is 0 Å². The van der Waals surface area contributed by atoms with Crippen molar-refractivity contribution in [3.63, 3.8) is 0 Å². The summed E-state index contributed by atoms with van der Waals surface area (Å²) >= 11 is 11.3. The van der Waals surface area contributed by atoms with Crippen molar-refractivity contribution in [1.29, 1.82) is 0 Å². The highest BCUT2D eigenvalue weighted by atomic mass is 35.5. The summed E-state index contributed by atoms with van der Waals surface area (Å²) in [5.41, 5.74) is 2.25. The number of rotatable bonds is 1. The van der Waals surface area contributed by atoms with E-state index in [9.17, 15) is 4.79 Å². The Morgan fingerprint density at radius 1 is 1.39 bits per heavy atom. The van der Waals surface area contributed by atoms with Crippen LogP contribution in [-0.4, -0.2) is 20.6 Å². The van der Waals surface area contributed by atoms with Crippen LogP contribution in [0.4, 0.5) is 0 Å². The molecule has 1 N–H and O–H groups in total. The van der Waals surface area contributed by atoms with E-state index in [1.165, 1.54) is 10.7 Å². The molecule has 0 radical (unpaired) electrons. The minimum absolute atomic E-state index is 0.178. The lowest BCUT2D eigenvalue weighted by Gasteiger charge is -2.16. The third-order valence-corrected chi connectivity index (χ3v) is 3.37. The van der Waals surface area contributed by atoms with Crippen molar-refractivity contribution in [2.24, 2.45) is 4.99 Å². The number of H-pyrrole nitrogens is 1. The van der Waals surface area contributed by atoms with Crippen LogP contribution in [-0.2, 0) is 6.42 Å². The number of hydrogen-bond acceptors (Lipinski definition) is 2. The summed E-state index contributed by atoms with van der Waals surface area (Å²) in [6.45, 7) is 0. The molecule has 0 aliphatic carbocycles. The molecule has 4 nitrogen and oxygen atoms in total. The van der Waals surface area contributed by atoms with E-state index in [0.717, 1.165) is 17.0 Å². The Balaban J connectivity index is 2.10. The molecule has 0 saturated heterocycles. The number of halogens is 1. The predicted molar refractivity (Wildman–Crippen MR) is 74.7 cm³/mol. The number of aromatic nitrogens is 2. The highest BCUT2D eigenvalue weighted by Gasteiger charge is 2.19. The quantitative estimate of drug-likeness (QED) is 0.811. The minimum Gasteiger partial charge on any atom is -0.268 e. The fraction of sp³-hybridized carbons (Fsp3) is 0.0833. The van der Waals surface area contributed by atoms with Crippen molar-refractivity contribution in [3.8, 4) is 0 Å². The minimum atomic E-state index is -0.178. The molecule has 1 aliphatic heterocycles. The van der Waals surface area contributed by atoms with Gasteiger partial charge in [-0.25, -0.2) is 9.67 Å². The van der Waals surface area contributed by atoms with Gasteiger partial charge in [-0.2, -0.15) is 0 Å². The Kier molecular flexibility index (Phi) is 2.65. The number of aliphatic imine (C=N–C) groups is 1. The molecule has 1 aliphatic rings. The number of nitrogens with zero attached hydrogens (tertiary/aromatic N) is 2. The summed E-state index contributed by atoms with van der Waals surface area (Å²) < 4.78 is 1.53. The molecule has 0 unspecified atom stereocenters. The van der Waals surface area contributed by atoms with E-state index in [4.69, 9.17) is 23.8 Å². The van der Waals surface area contributed by atoms with Gasteiger partial charge < -0.3 is 0 Å². The van der Waals surface area contributed by atoms with Crippen molar-refractivity contribution in [3.05, 3.63) is 57.0 Å². The molecule has 18 heavy (non-hydrogen) atoms. The van der Waals surface area contributed by atoms with Crippen LogP contribution in [0.2, 0.25) is 5.02 Å². The third-order valence-electron chi connectivity index (χ3n) is 2.76. The van der Waals surface area contributed by atoms with Crippen molar-refractivity contribution in [1.82, 2.24) is 9.78 Å². The van der Waals surface area contributed by atoms with E-state index in [0.29, 0.717) is 16.6 Å². The Bertz CT molecular complexity index is 729. The Morgan fingerprint density at radius 2 is 2.17 bits per heavy atom. The van der Waals surface area contributed by atoms with Gasteiger partial charge in [-0.3, -0.25) is 9.89 Å². The maximum absolute atomic E-state index is 11.3. The Hall–Kier alpha value is -1.72. The lowest BCUT2D eigenvalue weighted by molar-refractivity contribution is 0.863. The van der Waals surface area contributed by atoms with E-state index in [1.54, 1.807) is 6.07 Å². The number of fused-ring (bicyclic) bond motifs is 1. The molecule has 1 aromatic carbocycles. The molecule has 0 amide bonds. The summed E-state index contributed by atoms with van der Waals surface area (Å²) in [6.07, 6.45) is 0.530. The van der Waals surface area contributed by atoms with E-state index in [1.807, 2.05) is 18.2 Å². The van der Waals surface area contributed by atoms with Crippen molar-refractivity contribution in [2.45, 2.75) is 6.42 Å². The maximum Gasteiger partial charge on any atom is 0.264 e. The summed E-state index contributed by atoms with van der Waals surface area (Å²) in [4.78, 5) is 15.6. The number of nitrogens with one attached hydrogen (secondary N) is 1. The topological polar surface area (TPSA) is 50.1 Å². The maximum atomic E-state index is 11.3. The molecule has 0 spiro atoms. The zero-order chi connectivity index (χ0) is 12.7. The first-order chi connectivity index (χ1) is 8.65. The molecule has 90 valence electrons. The van der Waals surface area contributed by atoms with Gasteiger partial charge in [-0.05, 0) is 18.3 Å². The first-order valence-electron chi connectivity index (χ1n) is 5.33. The molecule has 2 aromatic rings. The smallest absolute Gasteiger partial charge is 0.264 e. The number of thiocarbonyl (C=S) groups is 1. The average Bonchev–Trinajstić information content (AvgIpc) is 2.71. The zero-order valence-corrected chi connectivity index (χ0v) is 10.8. The van der Waals surface area contributed by atoms with Crippen molar-refractivity contribution < 1.29 is 0 Å². The fourth-order valence-corrected chi connectivity index (χ4v) is 2.48. The largest absolute Gasteiger partial charge is 0.268 e. The van der Waals surface area contributed by atoms with Crippen LogP contribution in [0.25, 0.3) is 0 Å². The highest BCUT2D eigenvalue weighted by molar-refractivity contribution is 7.80. The lowest BCUT2D eigenvalue weighted by atomic mass is 10.0. The number of hydrogen-bond donors (Lipinski definition) is 1. The van der Waals surface area contributed by atoms with Gasteiger partial charge in [0, 0.05) is 23.1 Å². The van der Waals surface area contributed by atoms with Crippen molar-refractivity contribution >= 4 is 34.6 Å². The standard InChI is InChI=1S/C12H8ClN3OS/c13-9-4-2-1-3-8(9)10-5-7-6-11(17)15-16(7)12(18)14-10/h1-4,6H,5H2,(H,15,17). The monoisotopic (exact) mass is 277 g/mol. The fourth-order valence-electron chi connectivity index (χ4n) is 1.96. The molecule has 3 rings (SSSR count). The van der Waals surface area contributed by atoms with Gasteiger partial charge in [0.1, 0.15) is 0 Å². The number of benzene rings is 1. The van der Waals surface area contributed by atoms with Crippen LogP contribution >= 0.6 is 23.8 Å². The molecule has 0 fully saturated rings. The van der Waals surface area contributed by atoms with Gasteiger partial charge in [0.15, 0.2) is 0 Å². The summed E-state index contributed by atoms with van der Waals surface area (Å²) in [6, 6.07) is 8.98. The van der Waals surface area contributed by atoms with E-state index in [-0.39, 0.29) is 5.56 Å². The first kappa shape index (κ1) is 11.4. The molecule has 0 bridgehead atoms. The van der Waals surface area contributed by atoms with Gasteiger partial charge in [0.2, 0.25) is 5.11 Å². The highest BCUT2D eigenvalue weighted by Crippen LogP contribution is 2.20. The van der Waals surface area contributed by atoms with Crippen LogP contribution in [0.3, 0.4) is 0 Å². The van der Waals surface area contributed by atoms with Gasteiger partial charge in [0.05, 0.1) is 11.4 Å². The summed E-state index contributed by atoms with van der Waals surface area (Å²) in [5, 5.41) is 3.57. The average molecular weight is 278 g/mol. The van der Waals surface area contributed by atoms with Gasteiger partial charge in [0.25, 0.3) is 5.56 Å². The van der Waals surface area contributed by atoms with E-state index in [2.05, 4.69) is 10.1 Å². The summed E-state index contributed by atoms with van der Waals surface area (Å²) in [7, 11) is 0. The van der Waals surface area contributed by atoms with Gasteiger partial charge >= 0.3 is 0 Å². The normalized spacial score (nSPS) is 14.3. The molecule has 2 heterocycles. The van der Waals surface area contributed by atoms with Crippen LogP contribution in [0.15, 0.2) is 40.1 Å². The molecular weight excluding hydrogens is 270 g/mol. The molecular formula is C12H8ClN3OS. The Labute approximate surface area is 113 Å². The molecule has 0 saturated carbocycles. The SMILES string of the molecule is O=c1cc2n([nH]1)C(=S)N=C(c1ccccc1Cl)C2. The van der Waals surface area contributed by atoms with E-state index >= 15 is 0 Å². The molecule has 0 atom stereocenters. The molecule has 6 heteroatoms. The predicted octanol–water partition coefficient (Wildman–Crippen LogP) is 2.01. The second-order valence-electron chi connectivity index (χ2n) is 3.94. The van der Waals surface area contributed by atoms with Crippen LogP contribution in [0.1, 0.15) is 11.3 Å². The first-order valence-corrected chi connectivity index (χ1v) is 6.11.